The van der Waals surface area contributed by atoms with Gasteiger partial charge < -0.3 is 9.64 Å². The number of para-hydroxylation sites is 1. The number of hydrogen-bond donors (Lipinski definition) is 1. The van der Waals surface area contributed by atoms with Crippen LogP contribution in [0.5, 0.6) is 5.75 Å². The normalized spacial score (nSPS) is 14.3. The Morgan fingerprint density at radius 2 is 1.88 bits per heavy atom. The molecule has 0 radical (unpaired) electrons. The molecule has 33 heavy (non-hydrogen) atoms. The van der Waals surface area contributed by atoms with Gasteiger partial charge in [-0.25, -0.2) is 10.1 Å². The molecule has 1 atom stereocenters. The molecule has 1 aliphatic rings. The first kappa shape index (κ1) is 22.1. The van der Waals surface area contributed by atoms with Crippen LogP contribution in [-0.4, -0.2) is 41.1 Å². The zero-order valence-electron chi connectivity index (χ0n) is 18.7. The van der Waals surface area contributed by atoms with E-state index in [0.717, 1.165) is 48.7 Å². The zero-order chi connectivity index (χ0) is 23.2. The van der Waals surface area contributed by atoms with E-state index in [0.29, 0.717) is 11.3 Å². The van der Waals surface area contributed by atoms with Gasteiger partial charge in [-0.2, -0.15) is 15.5 Å². The van der Waals surface area contributed by atoms with E-state index in [1.807, 2.05) is 41.9 Å². The Labute approximate surface area is 193 Å². The maximum atomic E-state index is 12.5. The van der Waals surface area contributed by atoms with Gasteiger partial charge in [0.15, 0.2) is 6.10 Å². The van der Waals surface area contributed by atoms with E-state index in [9.17, 15) is 4.79 Å². The van der Waals surface area contributed by atoms with Crippen molar-refractivity contribution in [1.29, 1.82) is 5.26 Å². The molecular formula is C25H26N6O2. The number of aromatic nitrogens is 2. The maximum absolute atomic E-state index is 12.5. The van der Waals surface area contributed by atoms with Crippen molar-refractivity contribution in [2.75, 3.05) is 18.0 Å². The number of amides is 1. The van der Waals surface area contributed by atoms with Crippen molar-refractivity contribution in [3.63, 3.8) is 0 Å². The van der Waals surface area contributed by atoms with Crippen molar-refractivity contribution in [3.05, 3.63) is 71.4 Å². The van der Waals surface area contributed by atoms with E-state index in [-0.39, 0.29) is 5.91 Å². The summed E-state index contributed by atoms with van der Waals surface area (Å²) in [7, 11) is 0. The summed E-state index contributed by atoms with van der Waals surface area (Å²) in [5.74, 6) is 1.12. The van der Waals surface area contributed by atoms with E-state index < -0.39 is 6.10 Å². The van der Waals surface area contributed by atoms with Gasteiger partial charge >= 0.3 is 0 Å². The lowest BCUT2D eigenvalue weighted by atomic mass is 10.2. The predicted molar refractivity (Wildman–Crippen MR) is 127 cm³/mol. The van der Waals surface area contributed by atoms with Crippen LogP contribution in [0, 0.1) is 18.3 Å². The molecule has 4 rings (SSSR count). The van der Waals surface area contributed by atoms with Gasteiger partial charge in [0.2, 0.25) is 0 Å². The monoisotopic (exact) mass is 442 g/mol. The topological polar surface area (TPSA) is 95.5 Å². The average Bonchev–Trinajstić information content (AvgIpc) is 3.48. The van der Waals surface area contributed by atoms with Crippen LogP contribution >= 0.6 is 0 Å². The van der Waals surface area contributed by atoms with Crippen LogP contribution in [0.1, 0.15) is 36.6 Å². The Balaban J connectivity index is 1.49. The third kappa shape index (κ3) is 5.04. The number of anilines is 1. The summed E-state index contributed by atoms with van der Waals surface area (Å²) in [4.78, 5) is 14.8. The first-order valence-electron chi connectivity index (χ1n) is 11.0. The van der Waals surface area contributed by atoms with Crippen molar-refractivity contribution in [3.8, 4) is 17.5 Å². The SMILES string of the molecule is Cc1nn(-c2ccccc2)c(N2CCCC2)c1/C=N/NC(=O)C(C)Oc1ccc(C#N)cc1. The molecule has 0 saturated carbocycles. The molecule has 168 valence electrons. The van der Waals surface area contributed by atoms with E-state index in [1.54, 1.807) is 37.4 Å². The number of nitrogens with zero attached hydrogens (tertiary/aromatic N) is 5. The fourth-order valence-corrected chi connectivity index (χ4v) is 3.78. The third-order valence-corrected chi connectivity index (χ3v) is 5.52. The second-order valence-electron chi connectivity index (χ2n) is 7.89. The highest BCUT2D eigenvalue weighted by Gasteiger charge is 2.23. The second kappa shape index (κ2) is 10.0. The summed E-state index contributed by atoms with van der Waals surface area (Å²) < 4.78 is 7.59. The summed E-state index contributed by atoms with van der Waals surface area (Å²) in [6.45, 7) is 5.51. The summed E-state index contributed by atoms with van der Waals surface area (Å²) in [5, 5.41) is 17.8. The molecule has 1 saturated heterocycles. The Kier molecular flexibility index (Phi) is 6.69. The summed E-state index contributed by atoms with van der Waals surface area (Å²) in [6, 6.07) is 18.7. The molecule has 3 aromatic rings. The largest absolute Gasteiger partial charge is 0.481 e. The Bertz CT molecular complexity index is 1170. The number of ether oxygens (including phenoxy) is 1. The fourth-order valence-electron chi connectivity index (χ4n) is 3.78. The Morgan fingerprint density at radius 1 is 1.18 bits per heavy atom. The molecule has 0 spiro atoms. The molecule has 2 aromatic carbocycles. The van der Waals surface area contributed by atoms with Crippen LogP contribution in [0.2, 0.25) is 0 Å². The molecule has 8 nitrogen and oxygen atoms in total. The van der Waals surface area contributed by atoms with Crippen LogP contribution in [0.25, 0.3) is 5.69 Å². The van der Waals surface area contributed by atoms with Crippen LogP contribution in [0.15, 0.2) is 59.7 Å². The third-order valence-electron chi connectivity index (χ3n) is 5.52. The van der Waals surface area contributed by atoms with E-state index in [1.165, 1.54) is 0 Å². The first-order chi connectivity index (χ1) is 16.1. The van der Waals surface area contributed by atoms with E-state index >= 15 is 0 Å². The van der Waals surface area contributed by atoms with Crippen molar-refractivity contribution in [1.82, 2.24) is 15.2 Å². The zero-order valence-corrected chi connectivity index (χ0v) is 18.7. The van der Waals surface area contributed by atoms with Gasteiger partial charge in [-0.05, 0) is 63.1 Å². The second-order valence-corrected chi connectivity index (χ2v) is 7.89. The molecule has 1 N–H and O–H groups in total. The van der Waals surface area contributed by atoms with Gasteiger partial charge in [-0.3, -0.25) is 4.79 Å². The highest BCUT2D eigenvalue weighted by Crippen LogP contribution is 2.29. The minimum atomic E-state index is -0.749. The molecule has 1 amide bonds. The van der Waals surface area contributed by atoms with Gasteiger partial charge in [0.25, 0.3) is 5.91 Å². The van der Waals surface area contributed by atoms with Crippen LogP contribution in [0.4, 0.5) is 5.82 Å². The van der Waals surface area contributed by atoms with Gasteiger partial charge in [-0.15, -0.1) is 0 Å². The van der Waals surface area contributed by atoms with Gasteiger partial charge in [0, 0.05) is 13.1 Å². The Hall–Kier alpha value is -4.12. The lowest BCUT2D eigenvalue weighted by Gasteiger charge is -2.20. The van der Waals surface area contributed by atoms with Gasteiger partial charge in [0.1, 0.15) is 11.6 Å². The van der Waals surface area contributed by atoms with Crippen molar-refractivity contribution < 1.29 is 9.53 Å². The van der Waals surface area contributed by atoms with Crippen molar-refractivity contribution >= 4 is 17.9 Å². The summed E-state index contributed by atoms with van der Waals surface area (Å²) in [5.41, 5.74) is 5.79. The minimum absolute atomic E-state index is 0.369. The lowest BCUT2D eigenvalue weighted by molar-refractivity contribution is -0.127. The van der Waals surface area contributed by atoms with Crippen molar-refractivity contribution in [2.24, 2.45) is 5.10 Å². The van der Waals surface area contributed by atoms with E-state index in [4.69, 9.17) is 15.1 Å². The maximum Gasteiger partial charge on any atom is 0.280 e. The minimum Gasteiger partial charge on any atom is -0.481 e. The highest BCUT2D eigenvalue weighted by atomic mass is 16.5. The summed E-state index contributed by atoms with van der Waals surface area (Å²) in [6.07, 6.45) is 3.18. The number of rotatable bonds is 7. The van der Waals surface area contributed by atoms with Crippen LogP contribution in [0.3, 0.4) is 0 Å². The highest BCUT2D eigenvalue weighted by molar-refractivity contribution is 5.90. The van der Waals surface area contributed by atoms with Gasteiger partial charge in [-0.1, -0.05) is 18.2 Å². The number of nitriles is 1. The summed E-state index contributed by atoms with van der Waals surface area (Å²) >= 11 is 0. The molecule has 0 bridgehead atoms. The number of hydrogen-bond acceptors (Lipinski definition) is 6. The van der Waals surface area contributed by atoms with Crippen LogP contribution < -0.4 is 15.1 Å². The quantitative estimate of drug-likeness (QED) is 0.446. The predicted octanol–water partition coefficient (Wildman–Crippen LogP) is 3.57. The number of benzene rings is 2. The van der Waals surface area contributed by atoms with Gasteiger partial charge in [0.05, 0.1) is 34.8 Å². The lowest BCUT2D eigenvalue weighted by Crippen LogP contribution is -2.33. The standard InChI is InChI=1S/C25H26N6O2/c1-18-23(17-27-28-24(32)19(2)33-22-12-10-20(16-26)11-13-22)25(30-14-6-7-15-30)31(29-18)21-8-4-3-5-9-21/h3-5,8-13,17,19H,6-7,14-15H2,1-2H3,(H,28,32)/b27-17+. The van der Waals surface area contributed by atoms with E-state index in [2.05, 4.69) is 21.5 Å². The number of aryl methyl sites for hydroxylation is 1. The number of hydrazone groups is 1. The molecule has 1 fully saturated rings. The molecule has 1 aliphatic heterocycles. The Morgan fingerprint density at radius 3 is 2.55 bits per heavy atom. The smallest absolute Gasteiger partial charge is 0.280 e. The molecule has 2 heterocycles. The molecule has 8 heteroatoms. The molecule has 1 unspecified atom stereocenters. The molecule has 1 aromatic heterocycles. The molecular weight excluding hydrogens is 416 g/mol. The molecule has 0 aliphatic carbocycles. The number of nitrogens with one attached hydrogen (secondary N) is 1. The van der Waals surface area contributed by atoms with Crippen molar-refractivity contribution in [2.45, 2.75) is 32.8 Å². The first-order valence-corrected chi connectivity index (χ1v) is 11.0. The number of carbonyl (C=O) groups is 1. The fraction of sp³-hybridized carbons (Fsp3) is 0.280. The van der Waals surface area contributed by atoms with Crippen LogP contribution in [-0.2, 0) is 4.79 Å². The number of carbonyl (C=O) groups excluding carboxylic acids is 1. The average molecular weight is 443 g/mol.